The maximum Gasteiger partial charge on any atom is 0.275 e. The van der Waals surface area contributed by atoms with E-state index in [1.807, 2.05) is 30.9 Å². The van der Waals surface area contributed by atoms with Crippen molar-refractivity contribution in [2.75, 3.05) is 18.4 Å². The Morgan fingerprint density at radius 1 is 1.12 bits per heavy atom. The summed E-state index contributed by atoms with van der Waals surface area (Å²) in [6.45, 7) is 5.19. The number of carbonyl (C=O) groups is 3. The van der Waals surface area contributed by atoms with Crippen molar-refractivity contribution in [2.24, 2.45) is 5.73 Å². The number of hydrogen-bond acceptors (Lipinski definition) is 7. The van der Waals surface area contributed by atoms with E-state index in [0.29, 0.717) is 34.9 Å². The lowest BCUT2D eigenvalue weighted by molar-refractivity contribution is 0.0712. The van der Waals surface area contributed by atoms with Crippen LogP contribution in [0, 0.1) is 0 Å². The number of nitrogens with one attached hydrogen (secondary N) is 1. The number of thiazole rings is 1. The van der Waals surface area contributed by atoms with Gasteiger partial charge in [-0.25, -0.2) is 4.98 Å². The topological polar surface area (TPSA) is 115 Å². The van der Waals surface area contributed by atoms with Crippen LogP contribution in [-0.4, -0.2) is 46.8 Å². The highest BCUT2D eigenvalue weighted by Crippen LogP contribution is 2.31. The van der Waals surface area contributed by atoms with Gasteiger partial charge in [-0.2, -0.15) is 0 Å². The SMILES string of the molecule is CC(C)Oc1ccc(C(=O)N2CCC(c3nc(C(=O)Nc4ccsc4C(N)=O)cs3)CC2)cc1. The molecule has 3 aromatic rings. The number of nitrogens with two attached hydrogens (primary N) is 1. The summed E-state index contributed by atoms with van der Waals surface area (Å²) in [5.74, 6) is -0.000417. The molecule has 1 aliphatic rings. The molecular weight excluding hydrogens is 472 g/mol. The summed E-state index contributed by atoms with van der Waals surface area (Å²) in [6.07, 6.45) is 1.65. The number of anilines is 1. The Hall–Kier alpha value is -3.24. The molecule has 0 atom stereocenters. The highest BCUT2D eigenvalue weighted by molar-refractivity contribution is 7.12. The standard InChI is InChI=1S/C24H26N4O4S2/c1-14(2)32-17-5-3-16(4-6-17)24(31)28-10-7-15(8-11-28)23-27-19(13-34-23)22(30)26-18-9-12-33-20(18)21(25)29/h3-6,9,12-15H,7-8,10-11H2,1-2H3,(H2,25,29)(H,26,30). The van der Waals surface area contributed by atoms with Gasteiger partial charge in [0.25, 0.3) is 17.7 Å². The summed E-state index contributed by atoms with van der Waals surface area (Å²) in [6, 6.07) is 8.90. The third kappa shape index (κ3) is 5.45. The summed E-state index contributed by atoms with van der Waals surface area (Å²) in [5.41, 5.74) is 6.69. The Balaban J connectivity index is 1.33. The van der Waals surface area contributed by atoms with Crippen LogP contribution in [0.4, 0.5) is 5.69 Å². The van der Waals surface area contributed by atoms with E-state index in [9.17, 15) is 14.4 Å². The van der Waals surface area contributed by atoms with E-state index in [1.54, 1.807) is 29.0 Å². The second kappa shape index (κ2) is 10.4. The van der Waals surface area contributed by atoms with Crippen molar-refractivity contribution in [1.82, 2.24) is 9.88 Å². The first-order chi connectivity index (χ1) is 16.3. The van der Waals surface area contributed by atoms with Crippen molar-refractivity contribution < 1.29 is 19.1 Å². The van der Waals surface area contributed by atoms with E-state index in [0.717, 1.165) is 23.6 Å². The summed E-state index contributed by atoms with van der Waals surface area (Å²) < 4.78 is 5.64. The number of likely N-dealkylation sites (tertiary alicyclic amines) is 1. The molecule has 2 aromatic heterocycles. The fourth-order valence-corrected chi connectivity index (χ4v) is 5.50. The first kappa shape index (κ1) is 23.9. The fraction of sp³-hybridized carbons (Fsp3) is 0.333. The Morgan fingerprint density at radius 3 is 2.47 bits per heavy atom. The number of amides is 3. The minimum Gasteiger partial charge on any atom is -0.491 e. The molecule has 0 bridgehead atoms. The predicted molar refractivity (Wildman–Crippen MR) is 133 cm³/mol. The van der Waals surface area contributed by atoms with E-state index >= 15 is 0 Å². The molecule has 1 saturated heterocycles. The van der Waals surface area contributed by atoms with Gasteiger partial charge in [0.1, 0.15) is 16.3 Å². The molecular formula is C24H26N4O4S2. The lowest BCUT2D eigenvalue weighted by Crippen LogP contribution is -2.37. The van der Waals surface area contributed by atoms with Crippen LogP contribution in [0.1, 0.15) is 68.1 Å². The number of hydrogen-bond donors (Lipinski definition) is 2. The van der Waals surface area contributed by atoms with Gasteiger partial charge in [-0.1, -0.05) is 0 Å². The quantitative estimate of drug-likeness (QED) is 0.502. The van der Waals surface area contributed by atoms with Crippen LogP contribution in [0.2, 0.25) is 0 Å². The molecule has 3 heterocycles. The molecule has 10 heteroatoms. The zero-order valence-electron chi connectivity index (χ0n) is 18.9. The number of nitrogens with zero attached hydrogens (tertiary/aromatic N) is 2. The highest BCUT2D eigenvalue weighted by Gasteiger charge is 2.27. The van der Waals surface area contributed by atoms with Gasteiger partial charge in [0.05, 0.1) is 16.8 Å². The molecule has 178 valence electrons. The first-order valence-corrected chi connectivity index (χ1v) is 12.8. The second-order valence-corrected chi connectivity index (χ2v) is 10.1. The molecule has 0 aliphatic carbocycles. The van der Waals surface area contributed by atoms with E-state index < -0.39 is 5.91 Å². The van der Waals surface area contributed by atoms with Crippen LogP contribution in [0.25, 0.3) is 0 Å². The van der Waals surface area contributed by atoms with Crippen molar-refractivity contribution in [1.29, 1.82) is 0 Å². The fourth-order valence-electron chi connectivity index (χ4n) is 3.82. The van der Waals surface area contributed by atoms with Gasteiger partial charge in [0.2, 0.25) is 0 Å². The average molecular weight is 499 g/mol. The number of thiophene rings is 1. The van der Waals surface area contributed by atoms with E-state index in [2.05, 4.69) is 10.3 Å². The monoisotopic (exact) mass is 498 g/mol. The summed E-state index contributed by atoms with van der Waals surface area (Å²) in [5, 5.41) is 7.02. The minimum absolute atomic E-state index is 0.00905. The predicted octanol–water partition coefficient (Wildman–Crippen LogP) is 4.36. The number of rotatable bonds is 7. The molecule has 0 spiro atoms. The minimum atomic E-state index is -0.578. The number of carbonyl (C=O) groups excluding carboxylic acids is 3. The first-order valence-electron chi connectivity index (χ1n) is 11.0. The van der Waals surface area contributed by atoms with E-state index in [-0.39, 0.29) is 23.8 Å². The molecule has 1 aliphatic heterocycles. The van der Waals surface area contributed by atoms with E-state index in [1.165, 1.54) is 22.7 Å². The third-order valence-electron chi connectivity index (χ3n) is 5.50. The normalized spacial score (nSPS) is 14.3. The Bertz CT molecular complexity index is 1180. The Morgan fingerprint density at radius 2 is 1.82 bits per heavy atom. The van der Waals surface area contributed by atoms with Gasteiger partial charge in [-0.05, 0) is 62.4 Å². The van der Waals surface area contributed by atoms with Gasteiger partial charge in [-0.15, -0.1) is 22.7 Å². The van der Waals surface area contributed by atoms with Crippen molar-refractivity contribution in [3.63, 3.8) is 0 Å². The largest absolute Gasteiger partial charge is 0.491 e. The van der Waals surface area contributed by atoms with Crippen LogP contribution in [0.3, 0.4) is 0 Å². The van der Waals surface area contributed by atoms with Crippen molar-refractivity contribution in [2.45, 2.75) is 38.7 Å². The maximum absolute atomic E-state index is 12.9. The summed E-state index contributed by atoms with van der Waals surface area (Å²) in [7, 11) is 0. The van der Waals surface area contributed by atoms with Crippen molar-refractivity contribution in [3.05, 3.63) is 62.2 Å². The smallest absolute Gasteiger partial charge is 0.275 e. The van der Waals surface area contributed by atoms with Crippen molar-refractivity contribution in [3.8, 4) is 5.75 Å². The molecule has 0 radical (unpaired) electrons. The summed E-state index contributed by atoms with van der Waals surface area (Å²) >= 11 is 2.62. The van der Waals surface area contributed by atoms with Crippen LogP contribution in [0.5, 0.6) is 5.75 Å². The number of piperidine rings is 1. The lowest BCUT2D eigenvalue weighted by Gasteiger charge is -2.31. The van der Waals surface area contributed by atoms with Gasteiger partial charge >= 0.3 is 0 Å². The molecule has 0 saturated carbocycles. The van der Waals surface area contributed by atoms with Gasteiger partial charge in [0, 0.05) is 30.0 Å². The molecule has 1 aromatic carbocycles. The molecule has 34 heavy (non-hydrogen) atoms. The Kier molecular flexibility index (Phi) is 7.28. The van der Waals surface area contributed by atoms with Gasteiger partial charge in [-0.3, -0.25) is 14.4 Å². The molecule has 3 amide bonds. The average Bonchev–Trinajstić information content (AvgIpc) is 3.49. The molecule has 0 unspecified atom stereocenters. The molecule has 1 fully saturated rings. The third-order valence-corrected chi connectivity index (χ3v) is 7.43. The van der Waals surface area contributed by atoms with Crippen molar-refractivity contribution >= 4 is 46.1 Å². The number of ether oxygens (including phenoxy) is 1. The molecule has 8 nitrogen and oxygen atoms in total. The second-order valence-electron chi connectivity index (χ2n) is 8.31. The summed E-state index contributed by atoms with van der Waals surface area (Å²) in [4.78, 5) is 43.6. The number of aromatic nitrogens is 1. The maximum atomic E-state index is 12.9. The van der Waals surface area contributed by atoms with Crippen LogP contribution in [-0.2, 0) is 0 Å². The zero-order chi connectivity index (χ0) is 24.2. The zero-order valence-corrected chi connectivity index (χ0v) is 20.6. The van der Waals surface area contributed by atoms with Crippen LogP contribution < -0.4 is 15.8 Å². The van der Waals surface area contributed by atoms with Gasteiger partial charge < -0.3 is 20.7 Å². The Labute approximate surface area is 205 Å². The van der Waals surface area contributed by atoms with E-state index in [4.69, 9.17) is 10.5 Å². The molecule has 3 N–H and O–H groups in total. The van der Waals surface area contributed by atoms with Gasteiger partial charge in [0.15, 0.2) is 0 Å². The van der Waals surface area contributed by atoms with Crippen LogP contribution in [0.15, 0.2) is 41.1 Å². The van der Waals surface area contributed by atoms with Crippen LogP contribution >= 0.6 is 22.7 Å². The molecule has 4 rings (SSSR count). The highest BCUT2D eigenvalue weighted by atomic mass is 32.1. The number of benzene rings is 1. The lowest BCUT2D eigenvalue weighted by atomic mass is 9.97. The number of primary amides is 1.